The molecular formula is C10H16N2O. The van der Waals surface area contributed by atoms with Crippen LogP contribution in [0.1, 0.15) is 31.9 Å². The maximum Gasteiger partial charge on any atom is 0.0950 e. The molecule has 1 saturated carbocycles. The molecule has 1 aromatic heterocycles. The lowest BCUT2D eigenvalue weighted by Crippen LogP contribution is -2.30. The molecule has 1 aliphatic carbocycles. The van der Waals surface area contributed by atoms with Gasteiger partial charge in [0.1, 0.15) is 0 Å². The highest BCUT2D eigenvalue weighted by Crippen LogP contribution is 2.57. The fourth-order valence-electron chi connectivity index (χ4n) is 1.97. The van der Waals surface area contributed by atoms with Crippen LogP contribution in [0.5, 0.6) is 0 Å². The first-order chi connectivity index (χ1) is 6.15. The molecule has 0 aromatic carbocycles. The van der Waals surface area contributed by atoms with E-state index in [2.05, 4.69) is 19.3 Å². The SMILES string of the molecule is CC1(C)CC1C(NN)c1ccoc1. The van der Waals surface area contributed by atoms with Crippen LogP contribution in [0, 0.1) is 11.3 Å². The Morgan fingerprint density at radius 2 is 2.38 bits per heavy atom. The maximum atomic E-state index is 5.53. The van der Waals surface area contributed by atoms with Crippen molar-refractivity contribution in [3.8, 4) is 0 Å². The number of rotatable bonds is 3. The van der Waals surface area contributed by atoms with Gasteiger partial charge in [0, 0.05) is 5.56 Å². The molecule has 0 amide bonds. The van der Waals surface area contributed by atoms with Gasteiger partial charge >= 0.3 is 0 Å². The molecule has 1 fully saturated rings. The zero-order chi connectivity index (χ0) is 9.47. The zero-order valence-corrected chi connectivity index (χ0v) is 8.08. The highest BCUT2D eigenvalue weighted by molar-refractivity contribution is 5.17. The van der Waals surface area contributed by atoms with E-state index >= 15 is 0 Å². The molecule has 0 spiro atoms. The molecule has 2 unspecified atom stereocenters. The standard InChI is InChI=1S/C10H16N2O/c1-10(2)5-8(10)9(12-11)7-3-4-13-6-7/h3-4,6,8-9,12H,5,11H2,1-2H3. The Bertz CT molecular complexity index is 279. The average molecular weight is 180 g/mol. The van der Waals surface area contributed by atoms with Gasteiger partial charge in [-0.2, -0.15) is 0 Å². The second-order valence-electron chi connectivity index (χ2n) is 4.50. The van der Waals surface area contributed by atoms with Crippen molar-refractivity contribution in [3.05, 3.63) is 24.2 Å². The Labute approximate surface area is 78.3 Å². The molecule has 1 aliphatic rings. The van der Waals surface area contributed by atoms with Crippen LogP contribution < -0.4 is 11.3 Å². The number of hydrogen-bond acceptors (Lipinski definition) is 3. The molecule has 0 aliphatic heterocycles. The van der Waals surface area contributed by atoms with E-state index in [4.69, 9.17) is 10.3 Å². The summed E-state index contributed by atoms with van der Waals surface area (Å²) in [5, 5.41) is 0. The third kappa shape index (κ3) is 1.49. The predicted octanol–water partition coefficient (Wildman–Crippen LogP) is 1.83. The summed E-state index contributed by atoms with van der Waals surface area (Å²) >= 11 is 0. The van der Waals surface area contributed by atoms with E-state index in [9.17, 15) is 0 Å². The minimum Gasteiger partial charge on any atom is -0.472 e. The summed E-state index contributed by atoms with van der Waals surface area (Å²) in [4.78, 5) is 0. The second kappa shape index (κ2) is 2.86. The highest BCUT2D eigenvalue weighted by atomic mass is 16.3. The average Bonchev–Trinajstić information content (AvgIpc) is 2.55. The van der Waals surface area contributed by atoms with Gasteiger partial charge in [0.05, 0.1) is 18.6 Å². The molecule has 3 heteroatoms. The Balaban J connectivity index is 2.12. The first-order valence-electron chi connectivity index (χ1n) is 4.63. The van der Waals surface area contributed by atoms with Crippen LogP contribution in [0.3, 0.4) is 0 Å². The lowest BCUT2D eigenvalue weighted by Gasteiger charge is -2.15. The van der Waals surface area contributed by atoms with Crippen LogP contribution in [0.15, 0.2) is 23.0 Å². The predicted molar refractivity (Wildman–Crippen MR) is 50.7 cm³/mol. The monoisotopic (exact) mass is 180 g/mol. The van der Waals surface area contributed by atoms with Gasteiger partial charge in [-0.3, -0.25) is 11.3 Å². The first-order valence-corrected chi connectivity index (χ1v) is 4.63. The van der Waals surface area contributed by atoms with E-state index in [1.807, 2.05) is 6.07 Å². The summed E-state index contributed by atoms with van der Waals surface area (Å²) in [6.07, 6.45) is 4.68. The molecule has 2 atom stereocenters. The van der Waals surface area contributed by atoms with Crippen molar-refractivity contribution < 1.29 is 4.42 Å². The molecule has 0 radical (unpaired) electrons. The molecule has 3 N–H and O–H groups in total. The highest BCUT2D eigenvalue weighted by Gasteiger charge is 2.50. The molecule has 3 nitrogen and oxygen atoms in total. The van der Waals surface area contributed by atoms with Crippen molar-refractivity contribution in [2.45, 2.75) is 26.3 Å². The number of hydrogen-bond donors (Lipinski definition) is 2. The van der Waals surface area contributed by atoms with E-state index in [0.29, 0.717) is 11.3 Å². The second-order valence-corrected chi connectivity index (χ2v) is 4.50. The third-order valence-electron chi connectivity index (χ3n) is 3.07. The summed E-state index contributed by atoms with van der Waals surface area (Å²) in [6.45, 7) is 4.53. The third-order valence-corrected chi connectivity index (χ3v) is 3.07. The normalized spacial score (nSPS) is 27.2. The van der Waals surface area contributed by atoms with Crippen LogP contribution in [0.2, 0.25) is 0 Å². The van der Waals surface area contributed by atoms with Crippen LogP contribution in [0.4, 0.5) is 0 Å². The van der Waals surface area contributed by atoms with E-state index in [0.717, 1.165) is 5.56 Å². The quantitative estimate of drug-likeness (QED) is 0.551. The van der Waals surface area contributed by atoms with Gasteiger partial charge < -0.3 is 4.42 Å². The minimum atomic E-state index is 0.244. The number of hydrazine groups is 1. The fourth-order valence-corrected chi connectivity index (χ4v) is 1.97. The van der Waals surface area contributed by atoms with Crippen molar-refractivity contribution in [2.24, 2.45) is 17.2 Å². The van der Waals surface area contributed by atoms with Gasteiger partial charge in [-0.05, 0) is 23.8 Å². The van der Waals surface area contributed by atoms with E-state index < -0.39 is 0 Å². The Morgan fingerprint density at radius 3 is 2.77 bits per heavy atom. The number of nitrogens with one attached hydrogen (secondary N) is 1. The van der Waals surface area contributed by atoms with E-state index in [1.54, 1.807) is 12.5 Å². The summed E-state index contributed by atoms with van der Waals surface area (Å²) in [5.41, 5.74) is 4.44. The van der Waals surface area contributed by atoms with Crippen LogP contribution in [-0.4, -0.2) is 0 Å². The Morgan fingerprint density at radius 1 is 1.69 bits per heavy atom. The van der Waals surface area contributed by atoms with Gasteiger partial charge in [0.2, 0.25) is 0 Å². The van der Waals surface area contributed by atoms with Gasteiger partial charge in [0.15, 0.2) is 0 Å². The Kier molecular flexibility index (Phi) is 1.93. The molecule has 0 saturated heterocycles. The summed E-state index contributed by atoms with van der Waals surface area (Å²) in [6, 6.07) is 2.22. The number of nitrogens with two attached hydrogens (primary N) is 1. The smallest absolute Gasteiger partial charge is 0.0950 e. The van der Waals surface area contributed by atoms with Crippen molar-refractivity contribution in [2.75, 3.05) is 0 Å². The molecule has 72 valence electrons. The summed E-state index contributed by atoms with van der Waals surface area (Å²) in [5.74, 6) is 6.17. The van der Waals surface area contributed by atoms with Crippen LogP contribution in [-0.2, 0) is 0 Å². The van der Waals surface area contributed by atoms with Crippen molar-refractivity contribution in [3.63, 3.8) is 0 Å². The van der Waals surface area contributed by atoms with Gasteiger partial charge in [-0.25, -0.2) is 0 Å². The van der Waals surface area contributed by atoms with Gasteiger partial charge in [-0.1, -0.05) is 13.8 Å². The van der Waals surface area contributed by atoms with E-state index in [1.165, 1.54) is 6.42 Å². The molecule has 0 bridgehead atoms. The molecule has 1 aromatic rings. The molecular weight excluding hydrogens is 164 g/mol. The summed E-state index contributed by atoms with van der Waals surface area (Å²) < 4.78 is 5.05. The lowest BCUT2D eigenvalue weighted by molar-refractivity contribution is 0.419. The maximum absolute atomic E-state index is 5.53. The topological polar surface area (TPSA) is 51.2 Å². The molecule has 1 heterocycles. The largest absolute Gasteiger partial charge is 0.472 e. The zero-order valence-electron chi connectivity index (χ0n) is 8.08. The summed E-state index contributed by atoms with van der Waals surface area (Å²) in [7, 11) is 0. The molecule has 13 heavy (non-hydrogen) atoms. The van der Waals surface area contributed by atoms with Crippen LogP contribution >= 0.6 is 0 Å². The van der Waals surface area contributed by atoms with Crippen molar-refractivity contribution in [1.29, 1.82) is 0 Å². The first kappa shape index (κ1) is 8.78. The molecule has 2 rings (SSSR count). The minimum absolute atomic E-state index is 0.244. The number of furan rings is 1. The van der Waals surface area contributed by atoms with Gasteiger partial charge in [0.25, 0.3) is 0 Å². The fraction of sp³-hybridized carbons (Fsp3) is 0.600. The van der Waals surface area contributed by atoms with Crippen molar-refractivity contribution >= 4 is 0 Å². The van der Waals surface area contributed by atoms with Crippen LogP contribution in [0.25, 0.3) is 0 Å². The van der Waals surface area contributed by atoms with E-state index in [-0.39, 0.29) is 6.04 Å². The Hall–Kier alpha value is -0.800. The van der Waals surface area contributed by atoms with Crippen molar-refractivity contribution in [1.82, 2.24) is 5.43 Å². The lowest BCUT2D eigenvalue weighted by atomic mass is 10.00. The van der Waals surface area contributed by atoms with Gasteiger partial charge in [-0.15, -0.1) is 0 Å².